The molecule has 0 saturated carbocycles. The molecule has 0 radical (unpaired) electrons. The van der Waals surface area contributed by atoms with E-state index in [9.17, 15) is 4.79 Å². The van der Waals surface area contributed by atoms with Crippen molar-refractivity contribution in [3.63, 3.8) is 0 Å². The largest absolute Gasteiger partial charge is 0.486 e. The molecule has 0 aliphatic carbocycles. The highest BCUT2D eigenvalue weighted by Crippen LogP contribution is 2.27. The van der Waals surface area contributed by atoms with Gasteiger partial charge in [-0.15, -0.1) is 11.3 Å². The van der Waals surface area contributed by atoms with Crippen LogP contribution in [0, 0.1) is 6.92 Å². The fourth-order valence-corrected chi connectivity index (χ4v) is 4.82. The lowest BCUT2D eigenvalue weighted by molar-refractivity contribution is 0.0554. The Bertz CT molecular complexity index is 996. The third-order valence-corrected chi connectivity index (χ3v) is 6.88. The number of hydrogen-bond donors (Lipinski definition) is 0. The summed E-state index contributed by atoms with van der Waals surface area (Å²) in [7, 11) is 2.12. The first-order valence-corrected chi connectivity index (χ1v) is 11.6. The molecule has 164 valence electrons. The molecule has 0 N–H and O–H groups in total. The number of benzene rings is 1. The number of hydrogen-bond acceptors (Lipinski definition) is 6. The SMILES string of the molecule is Cc1nc(COc2ccc(Cl)cc2)sc1C(=O)N(Cc1ccco1)C1CCN(C)CC1. The molecule has 1 aliphatic heterocycles. The lowest BCUT2D eigenvalue weighted by atomic mass is 10.0. The van der Waals surface area contributed by atoms with E-state index >= 15 is 0 Å². The minimum Gasteiger partial charge on any atom is -0.486 e. The van der Waals surface area contributed by atoms with Gasteiger partial charge in [-0.05, 0) is 76.3 Å². The van der Waals surface area contributed by atoms with Gasteiger partial charge in [-0.25, -0.2) is 4.98 Å². The van der Waals surface area contributed by atoms with Crippen LogP contribution in [0.3, 0.4) is 0 Å². The molecule has 1 aliphatic rings. The maximum Gasteiger partial charge on any atom is 0.266 e. The van der Waals surface area contributed by atoms with Gasteiger partial charge in [-0.1, -0.05) is 11.6 Å². The zero-order valence-electron chi connectivity index (χ0n) is 17.7. The van der Waals surface area contributed by atoms with Crippen molar-refractivity contribution in [2.75, 3.05) is 20.1 Å². The molecule has 1 amide bonds. The van der Waals surface area contributed by atoms with Gasteiger partial charge in [0.1, 0.15) is 28.0 Å². The number of likely N-dealkylation sites (tertiary alicyclic amines) is 1. The second kappa shape index (κ2) is 9.85. The number of nitrogens with zero attached hydrogens (tertiary/aromatic N) is 3. The second-order valence-corrected chi connectivity index (χ2v) is 9.33. The predicted molar refractivity (Wildman–Crippen MR) is 122 cm³/mol. The molecule has 8 heteroatoms. The number of halogens is 1. The van der Waals surface area contributed by atoms with E-state index in [-0.39, 0.29) is 11.9 Å². The number of rotatable bonds is 7. The number of piperidine rings is 1. The molecular formula is C23H26ClN3O3S. The number of aryl methyl sites for hydroxylation is 1. The van der Waals surface area contributed by atoms with Crippen LogP contribution in [0.15, 0.2) is 47.1 Å². The molecule has 1 aromatic carbocycles. The van der Waals surface area contributed by atoms with Gasteiger partial charge in [0.25, 0.3) is 5.91 Å². The molecule has 0 unspecified atom stereocenters. The van der Waals surface area contributed by atoms with E-state index in [1.807, 2.05) is 36.1 Å². The molecule has 31 heavy (non-hydrogen) atoms. The average Bonchev–Trinajstić information content (AvgIpc) is 3.41. The Hall–Kier alpha value is -2.35. The molecule has 3 heterocycles. The minimum absolute atomic E-state index is 0.0127. The van der Waals surface area contributed by atoms with Crippen LogP contribution in [0.5, 0.6) is 5.75 Å². The Balaban J connectivity index is 1.49. The van der Waals surface area contributed by atoms with Crippen LogP contribution in [-0.2, 0) is 13.2 Å². The summed E-state index contributed by atoms with van der Waals surface area (Å²) in [6, 6.07) is 11.2. The number of amides is 1. The van der Waals surface area contributed by atoms with Gasteiger partial charge in [0.15, 0.2) is 0 Å². The molecule has 1 saturated heterocycles. The van der Waals surface area contributed by atoms with Crippen molar-refractivity contribution < 1.29 is 13.9 Å². The fourth-order valence-electron chi connectivity index (χ4n) is 3.76. The number of aromatic nitrogens is 1. The molecule has 0 bridgehead atoms. The van der Waals surface area contributed by atoms with Crippen LogP contribution in [0.25, 0.3) is 0 Å². The van der Waals surface area contributed by atoms with Crippen LogP contribution in [0.4, 0.5) is 0 Å². The van der Waals surface area contributed by atoms with E-state index in [1.54, 1.807) is 18.4 Å². The van der Waals surface area contributed by atoms with Crippen molar-refractivity contribution in [2.45, 2.75) is 39.0 Å². The van der Waals surface area contributed by atoms with Crippen LogP contribution >= 0.6 is 22.9 Å². The normalized spacial score (nSPS) is 15.2. The number of furan rings is 1. The van der Waals surface area contributed by atoms with Crippen molar-refractivity contribution in [1.82, 2.24) is 14.8 Å². The number of ether oxygens (including phenoxy) is 1. The fraction of sp³-hybridized carbons (Fsp3) is 0.391. The molecular weight excluding hydrogens is 434 g/mol. The van der Waals surface area contributed by atoms with Gasteiger partial charge < -0.3 is 19.0 Å². The number of carbonyl (C=O) groups is 1. The van der Waals surface area contributed by atoms with Crippen molar-refractivity contribution >= 4 is 28.8 Å². The highest BCUT2D eigenvalue weighted by molar-refractivity contribution is 7.13. The summed E-state index contributed by atoms with van der Waals surface area (Å²) in [4.78, 5) is 23.1. The Morgan fingerprint density at radius 3 is 2.71 bits per heavy atom. The maximum absolute atomic E-state index is 13.6. The first kappa shape index (κ1) is 21.9. The molecule has 0 atom stereocenters. The van der Waals surface area contributed by atoms with Gasteiger partial charge in [-0.2, -0.15) is 0 Å². The highest BCUT2D eigenvalue weighted by atomic mass is 35.5. The van der Waals surface area contributed by atoms with E-state index in [1.165, 1.54) is 11.3 Å². The van der Waals surface area contributed by atoms with E-state index in [0.717, 1.165) is 48.1 Å². The van der Waals surface area contributed by atoms with Crippen LogP contribution in [0.2, 0.25) is 5.02 Å². The zero-order chi connectivity index (χ0) is 21.8. The smallest absolute Gasteiger partial charge is 0.266 e. The first-order valence-electron chi connectivity index (χ1n) is 10.4. The second-order valence-electron chi connectivity index (χ2n) is 7.81. The summed E-state index contributed by atoms with van der Waals surface area (Å²) in [5, 5.41) is 1.44. The molecule has 1 fully saturated rings. The average molecular weight is 460 g/mol. The summed E-state index contributed by atoms with van der Waals surface area (Å²) < 4.78 is 11.4. The van der Waals surface area contributed by atoms with E-state index < -0.39 is 0 Å². The van der Waals surface area contributed by atoms with E-state index in [2.05, 4.69) is 16.9 Å². The van der Waals surface area contributed by atoms with Crippen LogP contribution in [-0.4, -0.2) is 46.9 Å². The summed E-state index contributed by atoms with van der Waals surface area (Å²) in [5.74, 6) is 1.52. The van der Waals surface area contributed by atoms with Crippen molar-refractivity contribution in [3.8, 4) is 5.75 Å². The standard InChI is InChI=1S/C23H26ClN3O3S/c1-16-22(31-21(25-16)15-30-19-7-5-17(24)6-8-19)23(28)27(14-20-4-3-13-29-20)18-9-11-26(2)12-10-18/h3-8,13,18H,9-12,14-15H2,1-2H3. The first-order chi connectivity index (χ1) is 15.0. The van der Waals surface area contributed by atoms with E-state index in [4.69, 9.17) is 20.8 Å². The third kappa shape index (κ3) is 5.47. The Labute approximate surface area is 191 Å². The Morgan fingerprint density at radius 1 is 1.29 bits per heavy atom. The molecule has 4 rings (SSSR count). The summed E-state index contributed by atoms with van der Waals surface area (Å²) in [6.45, 7) is 4.62. The third-order valence-electron chi connectivity index (χ3n) is 5.51. The monoisotopic (exact) mass is 459 g/mol. The summed E-state index contributed by atoms with van der Waals surface area (Å²) >= 11 is 7.32. The van der Waals surface area contributed by atoms with Crippen molar-refractivity contribution in [2.24, 2.45) is 0 Å². The van der Waals surface area contributed by atoms with Crippen molar-refractivity contribution in [1.29, 1.82) is 0 Å². The van der Waals surface area contributed by atoms with Gasteiger partial charge in [0.05, 0.1) is 18.5 Å². The van der Waals surface area contributed by atoms with Crippen molar-refractivity contribution in [3.05, 3.63) is 69.0 Å². The minimum atomic E-state index is 0.0127. The molecule has 0 spiro atoms. The van der Waals surface area contributed by atoms with Gasteiger partial charge >= 0.3 is 0 Å². The Kier molecular flexibility index (Phi) is 6.95. The molecule has 3 aromatic rings. The summed E-state index contributed by atoms with van der Waals surface area (Å²) in [6.07, 6.45) is 3.55. The maximum atomic E-state index is 13.6. The van der Waals surface area contributed by atoms with Crippen LogP contribution < -0.4 is 4.74 Å². The molecule has 6 nitrogen and oxygen atoms in total. The van der Waals surface area contributed by atoms with Crippen LogP contribution in [0.1, 0.15) is 39.0 Å². The Morgan fingerprint density at radius 2 is 2.03 bits per heavy atom. The highest BCUT2D eigenvalue weighted by Gasteiger charge is 2.30. The van der Waals surface area contributed by atoms with Gasteiger partial charge in [-0.3, -0.25) is 4.79 Å². The predicted octanol–water partition coefficient (Wildman–Crippen LogP) is 5.01. The molecule has 2 aromatic heterocycles. The van der Waals surface area contributed by atoms with Gasteiger partial charge in [0, 0.05) is 11.1 Å². The number of thiazole rings is 1. The lowest BCUT2D eigenvalue weighted by Crippen LogP contribution is -2.46. The summed E-state index contributed by atoms with van der Waals surface area (Å²) in [5.41, 5.74) is 0.738. The number of carbonyl (C=O) groups excluding carboxylic acids is 1. The zero-order valence-corrected chi connectivity index (χ0v) is 19.3. The lowest BCUT2D eigenvalue weighted by Gasteiger charge is -2.36. The van der Waals surface area contributed by atoms with E-state index in [0.29, 0.717) is 23.1 Å². The van der Waals surface area contributed by atoms with Gasteiger partial charge in [0.2, 0.25) is 0 Å². The quantitative estimate of drug-likeness (QED) is 0.496. The topological polar surface area (TPSA) is 58.8 Å².